The first-order chi connectivity index (χ1) is 8.16. The number of alkyl halides is 3. The Morgan fingerprint density at radius 1 is 1.28 bits per heavy atom. The van der Waals surface area contributed by atoms with E-state index in [0.717, 1.165) is 0 Å². The van der Waals surface area contributed by atoms with Crippen molar-refractivity contribution in [1.29, 1.82) is 0 Å². The lowest BCUT2D eigenvalue weighted by atomic mass is 10.2. The molecule has 2 rings (SSSR count). The van der Waals surface area contributed by atoms with Crippen LogP contribution in [0.3, 0.4) is 0 Å². The van der Waals surface area contributed by atoms with Crippen molar-refractivity contribution in [2.24, 2.45) is 0 Å². The van der Waals surface area contributed by atoms with Gasteiger partial charge < -0.3 is 5.21 Å². The molecule has 0 fully saturated rings. The molecule has 18 heavy (non-hydrogen) atoms. The number of sulfone groups is 1. The van der Waals surface area contributed by atoms with Gasteiger partial charge in [-0.25, -0.2) is 12.8 Å². The fourth-order valence-electron chi connectivity index (χ4n) is 1.42. The van der Waals surface area contributed by atoms with Gasteiger partial charge in [0.05, 0.1) is 11.1 Å². The van der Waals surface area contributed by atoms with Crippen molar-refractivity contribution in [3.05, 3.63) is 24.1 Å². The van der Waals surface area contributed by atoms with E-state index >= 15 is 0 Å². The lowest BCUT2D eigenvalue weighted by Crippen LogP contribution is -2.23. The Morgan fingerprint density at radius 2 is 1.89 bits per heavy atom. The number of hydrogen-bond acceptors (Lipinski definition) is 4. The smallest absolute Gasteiger partial charge is 0.411 e. The Bertz CT molecular complexity index is 720. The maximum Gasteiger partial charge on any atom is 0.501 e. The summed E-state index contributed by atoms with van der Waals surface area (Å²) in [6, 6.07) is 0.984. The third-order valence-electron chi connectivity index (χ3n) is 2.22. The second kappa shape index (κ2) is 3.57. The van der Waals surface area contributed by atoms with Crippen molar-refractivity contribution in [1.82, 2.24) is 9.94 Å². The van der Waals surface area contributed by atoms with Crippen LogP contribution in [0.25, 0.3) is 10.9 Å². The van der Waals surface area contributed by atoms with Crippen LogP contribution in [-0.4, -0.2) is 29.1 Å². The largest absolute Gasteiger partial charge is 0.501 e. The first-order valence-electron chi connectivity index (χ1n) is 4.33. The molecule has 0 aliphatic heterocycles. The Balaban J connectivity index is 2.87. The Hall–Kier alpha value is -1.84. The van der Waals surface area contributed by atoms with E-state index in [0.29, 0.717) is 18.3 Å². The van der Waals surface area contributed by atoms with E-state index in [-0.39, 0.29) is 4.85 Å². The fourth-order valence-corrected chi connectivity index (χ4v) is 2.36. The number of fused-ring (bicyclic) bond motifs is 1. The summed E-state index contributed by atoms with van der Waals surface area (Å²) in [5.41, 5.74) is -6.25. The topological polar surface area (TPSA) is 72.2 Å². The molecule has 1 N–H and O–H groups in total. The number of rotatable bonds is 1. The summed E-state index contributed by atoms with van der Waals surface area (Å²) in [6.45, 7) is 0. The summed E-state index contributed by atoms with van der Waals surface area (Å²) < 4.78 is 72.8. The molecule has 0 saturated carbocycles. The first kappa shape index (κ1) is 12.6. The van der Waals surface area contributed by atoms with Crippen LogP contribution in [0.2, 0.25) is 0 Å². The maximum absolute atomic E-state index is 13.2. The van der Waals surface area contributed by atoms with Crippen LogP contribution >= 0.6 is 0 Å². The van der Waals surface area contributed by atoms with Crippen molar-refractivity contribution in [2.45, 2.75) is 10.4 Å². The Labute approximate surface area is 97.1 Å². The SMILES string of the molecule is O=S(=O)(c1ccc(F)c2c1cnn2O)C(F)(F)F. The molecule has 10 heteroatoms. The van der Waals surface area contributed by atoms with Crippen LogP contribution < -0.4 is 0 Å². The van der Waals surface area contributed by atoms with Crippen molar-refractivity contribution >= 4 is 20.7 Å². The predicted octanol–water partition coefficient (Wildman–Crippen LogP) is 1.71. The second-order valence-electron chi connectivity index (χ2n) is 3.29. The third kappa shape index (κ3) is 1.60. The quantitative estimate of drug-likeness (QED) is 0.491. The molecular formula is C8H4F4N2O3S. The van der Waals surface area contributed by atoms with Crippen LogP contribution in [0.5, 0.6) is 0 Å². The van der Waals surface area contributed by atoms with Crippen molar-refractivity contribution in [2.75, 3.05) is 0 Å². The molecular weight excluding hydrogens is 280 g/mol. The molecule has 1 aromatic heterocycles. The minimum Gasteiger partial charge on any atom is -0.411 e. The minimum atomic E-state index is -5.64. The summed E-state index contributed by atoms with van der Waals surface area (Å²) in [4.78, 5) is -1.19. The third-order valence-corrected chi connectivity index (χ3v) is 3.76. The summed E-state index contributed by atoms with van der Waals surface area (Å²) in [5.74, 6) is -1.09. The molecule has 0 aliphatic rings. The van der Waals surface area contributed by atoms with E-state index in [4.69, 9.17) is 5.21 Å². The van der Waals surface area contributed by atoms with Gasteiger partial charge in [-0.1, -0.05) is 4.85 Å². The second-order valence-corrected chi connectivity index (χ2v) is 5.20. The highest BCUT2D eigenvalue weighted by molar-refractivity contribution is 7.92. The lowest BCUT2D eigenvalue weighted by molar-refractivity contribution is -0.0435. The van der Waals surface area contributed by atoms with Gasteiger partial charge >= 0.3 is 5.51 Å². The molecule has 98 valence electrons. The molecule has 5 nitrogen and oxygen atoms in total. The first-order valence-corrected chi connectivity index (χ1v) is 5.81. The monoisotopic (exact) mass is 284 g/mol. The van der Waals surface area contributed by atoms with E-state index in [9.17, 15) is 26.0 Å². The highest BCUT2D eigenvalue weighted by Gasteiger charge is 2.48. The number of aromatic nitrogens is 2. The van der Waals surface area contributed by atoms with Gasteiger partial charge in [0, 0.05) is 5.39 Å². The highest BCUT2D eigenvalue weighted by atomic mass is 32.2. The number of halogens is 4. The summed E-state index contributed by atoms with van der Waals surface area (Å²) >= 11 is 0. The average molecular weight is 284 g/mol. The highest BCUT2D eigenvalue weighted by Crippen LogP contribution is 2.34. The lowest BCUT2D eigenvalue weighted by Gasteiger charge is -2.08. The van der Waals surface area contributed by atoms with Gasteiger partial charge in [-0.2, -0.15) is 13.2 Å². The van der Waals surface area contributed by atoms with E-state index < -0.39 is 37.0 Å². The average Bonchev–Trinajstić information content (AvgIpc) is 2.60. The van der Waals surface area contributed by atoms with Crippen LogP contribution in [-0.2, 0) is 9.84 Å². The van der Waals surface area contributed by atoms with Gasteiger partial charge in [0.25, 0.3) is 9.84 Å². The van der Waals surface area contributed by atoms with Crippen LogP contribution in [0, 0.1) is 5.82 Å². The van der Waals surface area contributed by atoms with Gasteiger partial charge in [0.1, 0.15) is 5.52 Å². The molecule has 0 saturated heterocycles. The van der Waals surface area contributed by atoms with Gasteiger partial charge in [-0.15, -0.1) is 5.10 Å². The van der Waals surface area contributed by atoms with Gasteiger partial charge in [-0.3, -0.25) is 0 Å². The molecule has 2 aromatic rings. The van der Waals surface area contributed by atoms with Crippen molar-refractivity contribution < 1.29 is 31.2 Å². The molecule has 0 atom stereocenters. The zero-order valence-electron chi connectivity index (χ0n) is 8.31. The predicted molar refractivity (Wildman–Crippen MR) is 50.1 cm³/mol. The molecule has 0 aliphatic carbocycles. The zero-order chi connectivity index (χ0) is 13.7. The van der Waals surface area contributed by atoms with Crippen LogP contribution in [0.1, 0.15) is 0 Å². The summed E-state index contributed by atoms with van der Waals surface area (Å²) in [5, 5.41) is 11.5. The summed E-state index contributed by atoms with van der Waals surface area (Å²) in [7, 11) is -5.64. The molecule has 0 spiro atoms. The molecule has 1 heterocycles. The van der Waals surface area contributed by atoms with Gasteiger partial charge in [0.15, 0.2) is 5.82 Å². The van der Waals surface area contributed by atoms with Crippen LogP contribution in [0.4, 0.5) is 17.6 Å². The molecule has 1 aromatic carbocycles. The fraction of sp³-hybridized carbons (Fsp3) is 0.125. The zero-order valence-corrected chi connectivity index (χ0v) is 9.13. The minimum absolute atomic E-state index is 0.0277. The maximum atomic E-state index is 13.2. The number of nitrogens with zero attached hydrogens (tertiary/aromatic N) is 2. The standard InChI is InChI=1S/C8H4F4N2O3S/c9-5-1-2-6(18(16,17)8(10,11)12)4-3-13-14(15)7(4)5/h1-3,15H. The number of benzene rings is 1. The molecule has 0 radical (unpaired) electrons. The van der Waals surface area contributed by atoms with E-state index in [1.165, 1.54) is 0 Å². The van der Waals surface area contributed by atoms with Crippen LogP contribution in [0.15, 0.2) is 23.2 Å². The number of hydrogen-bond donors (Lipinski definition) is 1. The molecule has 0 unspecified atom stereocenters. The van der Waals surface area contributed by atoms with E-state index in [1.54, 1.807) is 0 Å². The molecule has 0 amide bonds. The van der Waals surface area contributed by atoms with Crippen molar-refractivity contribution in [3.63, 3.8) is 0 Å². The van der Waals surface area contributed by atoms with E-state index in [1.807, 2.05) is 0 Å². The normalized spacial score (nSPS) is 13.1. The molecule has 0 bridgehead atoms. The van der Waals surface area contributed by atoms with Gasteiger partial charge in [0.2, 0.25) is 0 Å². The Kier molecular flexibility index (Phi) is 2.50. The summed E-state index contributed by atoms with van der Waals surface area (Å²) in [6.07, 6.45) is 0.636. The van der Waals surface area contributed by atoms with E-state index in [2.05, 4.69) is 5.10 Å². The van der Waals surface area contributed by atoms with Gasteiger partial charge in [-0.05, 0) is 12.1 Å². The Morgan fingerprint density at radius 3 is 2.44 bits per heavy atom. The van der Waals surface area contributed by atoms with Crippen molar-refractivity contribution in [3.8, 4) is 0 Å².